The van der Waals surface area contributed by atoms with Gasteiger partial charge in [-0.3, -0.25) is 4.79 Å². The van der Waals surface area contributed by atoms with Gasteiger partial charge in [0, 0.05) is 23.0 Å². The Hall–Kier alpha value is -3.67. The van der Waals surface area contributed by atoms with Crippen LogP contribution in [0.3, 0.4) is 0 Å². The second-order valence-electron chi connectivity index (χ2n) is 5.45. The van der Waals surface area contributed by atoms with Crippen molar-refractivity contribution in [1.82, 2.24) is 0 Å². The zero-order valence-electron chi connectivity index (χ0n) is 13.2. The first-order valence-electron chi connectivity index (χ1n) is 7.58. The molecule has 0 aromatic heterocycles. The first kappa shape index (κ1) is 16.2. The van der Waals surface area contributed by atoms with Gasteiger partial charge in [-0.25, -0.2) is 0 Å². The Morgan fingerprint density at radius 3 is 2.24 bits per heavy atom. The maximum atomic E-state index is 12.1. The number of carbonyl (C=O) groups is 1. The van der Waals surface area contributed by atoms with Crippen LogP contribution in [0.2, 0.25) is 0 Å². The molecule has 0 spiro atoms. The number of hydrogen-bond acceptors (Lipinski definition) is 5. The molecule has 0 heterocycles. The lowest BCUT2D eigenvalue weighted by Crippen LogP contribution is -2.11. The number of nitrogens with one attached hydrogen (secondary N) is 2. The molecule has 1 amide bonds. The third-order valence-corrected chi connectivity index (χ3v) is 3.60. The quantitative estimate of drug-likeness (QED) is 0.284. The SMILES string of the molecule is Nc1cc(Nc2ccc(NC(=O)c3ccccc3)cc2O)ccc1O. The van der Waals surface area contributed by atoms with Gasteiger partial charge in [-0.15, -0.1) is 0 Å². The van der Waals surface area contributed by atoms with Crippen molar-refractivity contribution >= 4 is 28.7 Å². The number of carbonyl (C=O) groups excluding carboxylic acids is 1. The van der Waals surface area contributed by atoms with E-state index in [1.165, 1.54) is 12.1 Å². The molecule has 6 nitrogen and oxygen atoms in total. The maximum absolute atomic E-state index is 12.1. The summed E-state index contributed by atoms with van der Waals surface area (Å²) in [6, 6.07) is 18.2. The summed E-state index contributed by atoms with van der Waals surface area (Å²) >= 11 is 0. The molecule has 6 heteroatoms. The lowest BCUT2D eigenvalue weighted by atomic mass is 10.2. The minimum Gasteiger partial charge on any atom is -0.506 e. The standard InChI is InChI=1S/C19H17N3O3/c20-15-10-13(7-9-17(15)23)21-16-8-6-14(11-18(16)24)22-19(25)12-4-2-1-3-5-12/h1-11,21,23-24H,20H2,(H,22,25). The summed E-state index contributed by atoms with van der Waals surface area (Å²) in [6.45, 7) is 0. The summed E-state index contributed by atoms with van der Waals surface area (Å²) in [5.74, 6) is -0.293. The summed E-state index contributed by atoms with van der Waals surface area (Å²) in [5.41, 5.74) is 7.95. The Balaban J connectivity index is 1.74. The average molecular weight is 335 g/mol. The molecule has 0 aliphatic heterocycles. The predicted octanol–water partition coefficient (Wildman–Crippen LogP) is 3.68. The van der Waals surface area contributed by atoms with Crippen molar-refractivity contribution in [3.8, 4) is 11.5 Å². The molecule has 25 heavy (non-hydrogen) atoms. The molecule has 0 bridgehead atoms. The number of phenols is 2. The van der Waals surface area contributed by atoms with Crippen LogP contribution in [0.1, 0.15) is 10.4 Å². The molecule has 0 fully saturated rings. The van der Waals surface area contributed by atoms with E-state index in [1.54, 1.807) is 48.5 Å². The molecule has 0 aliphatic rings. The third-order valence-electron chi connectivity index (χ3n) is 3.60. The number of hydrogen-bond donors (Lipinski definition) is 5. The van der Waals surface area contributed by atoms with Crippen LogP contribution in [-0.4, -0.2) is 16.1 Å². The van der Waals surface area contributed by atoms with E-state index in [0.717, 1.165) is 0 Å². The lowest BCUT2D eigenvalue weighted by molar-refractivity contribution is 0.102. The Labute approximate surface area is 144 Å². The first-order valence-corrected chi connectivity index (χ1v) is 7.58. The van der Waals surface area contributed by atoms with Crippen LogP contribution in [-0.2, 0) is 0 Å². The fraction of sp³-hybridized carbons (Fsp3) is 0. The minimum atomic E-state index is -0.257. The smallest absolute Gasteiger partial charge is 0.255 e. The number of nitrogen functional groups attached to an aromatic ring is 1. The van der Waals surface area contributed by atoms with Gasteiger partial charge >= 0.3 is 0 Å². The van der Waals surface area contributed by atoms with E-state index in [-0.39, 0.29) is 23.1 Å². The van der Waals surface area contributed by atoms with Gasteiger partial charge in [0.15, 0.2) is 0 Å². The highest BCUT2D eigenvalue weighted by Gasteiger charge is 2.08. The molecule has 3 rings (SSSR count). The van der Waals surface area contributed by atoms with Crippen LogP contribution >= 0.6 is 0 Å². The molecular formula is C19H17N3O3. The number of rotatable bonds is 4. The van der Waals surface area contributed by atoms with Crippen LogP contribution in [0.15, 0.2) is 66.7 Å². The van der Waals surface area contributed by atoms with E-state index in [4.69, 9.17) is 5.73 Å². The van der Waals surface area contributed by atoms with Gasteiger partial charge in [-0.2, -0.15) is 0 Å². The second kappa shape index (κ2) is 6.84. The summed E-state index contributed by atoms with van der Waals surface area (Å²) in [4.78, 5) is 12.1. The number of phenolic OH excluding ortho intramolecular Hbond substituents is 2. The first-order chi connectivity index (χ1) is 12.0. The summed E-state index contributed by atoms with van der Waals surface area (Å²) in [7, 11) is 0. The van der Waals surface area contributed by atoms with Gasteiger partial charge in [0.2, 0.25) is 0 Å². The highest BCUT2D eigenvalue weighted by molar-refractivity contribution is 6.04. The van der Waals surface area contributed by atoms with Gasteiger partial charge in [-0.1, -0.05) is 18.2 Å². The zero-order chi connectivity index (χ0) is 17.8. The predicted molar refractivity (Wildman–Crippen MR) is 98.3 cm³/mol. The molecule has 0 unspecified atom stereocenters. The van der Waals surface area contributed by atoms with Gasteiger partial charge in [0.05, 0.1) is 11.4 Å². The second-order valence-corrected chi connectivity index (χ2v) is 5.45. The number of anilines is 4. The Kier molecular flexibility index (Phi) is 4.43. The Morgan fingerprint density at radius 2 is 1.56 bits per heavy atom. The molecule has 0 atom stereocenters. The molecular weight excluding hydrogens is 318 g/mol. The number of benzene rings is 3. The van der Waals surface area contributed by atoms with Crippen LogP contribution in [0, 0.1) is 0 Å². The Bertz CT molecular complexity index is 911. The maximum Gasteiger partial charge on any atom is 0.255 e. The van der Waals surface area contributed by atoms with E-state index < -0.39 is 0 Å². The fourth-order valence-corrected chi connectivity index (χ4v) is 2.30. The van der Waals surface area contributed by atoms with Crippen molar-refractivity contribution in [2.75, 3.05) is 16.4 Å². The highest BCUT2D eigenvalue weighted by Crippen LogP contribution is 2.32. The molecule has 0 aliphatic carbocycles. The van der Waals surface area contributed by atoms with Crippen LogP contribution in [0.4, 0.5) is 22.7 Å². The summed E-state index contributed by atoms with van der Waals surface area (Å²) in [5, 5.41) is 25.3. The summed E-state index contributed by atoms with van der Waals surface area (Å²) < 4.78 is 0. The average Bonchev–Trinajstić information content (AvgIpc) is 2.61. The monoisotopic (exact) mass is 335 g/mol. The normalized spacial score (nSPS) is 10.2. The third kappa shape index (κ3) is 3.81. The number of nitrogens with two attached hydrogens (primary N) is 1. The van der Waals surface area contributed by atoms with Crippen molar-refractivity contribution in [3.05, 3.63) is 72.3 Å². The fourth-order valence-electron chi connectivity index (χ4n) is 2.30. The van der Waals surface area contributed by atoms with E-state index in [2.05, 4.69) is 10.6 Å². The van der Waals surface area contributed by atoms with Crippen molar-refractivity contribution < 1.29 is 15.0 Å². The minimum absolute atomic E-state index is 0.00579. The molecule has 0 saturated carbocycles. The van der Waals surface area contributed by atoms with Crippen LogP contribution in [0.5, 0.6) is 11.5 Å². The van der Waals surface area contributed by atoms with E-state index in [1.807, 2.05) is 6.07 Å². The zero-order valence-corrected chi connectivity index (χ0v) is 13.2. The molecule has 3 aromatic carbocycles. The number of aromatic hydroxyl groups is 2. The summed E-state index contributed by atoms with van der Waals surface area (Å²) in [6.07, 6.45) is 0. The molecule has 0 saturated heterocycles. The molecule has 0 radical (unpaired) electrons. The van der Waals surface area contributed by atoms with Crippen LogP contribution < -0.4 is 16.4 Å². The van der Waals surface area contributed by atoms with Gasteiger partial charge in [0.25, 0.3) is 5.91 Å². The highest BCUT2D eigenvalue weighted by atomic mass is 16.3. The Morgan fingerprint density at radius 1 is 0.840 bits per heavy atom. The van der Waals surface area contributed by atoms with E-state index in [0.29, 0.717) is 22.6 Å². The van der Waals surface area contributed by atoms with Crippen LogP contribution in [0.25, 0.3) is 0 Å². The largest absolute Gasteiger partial charge is 0.506 e. The topological polar surface area (TPSA) is 108 Å². The van der Waals surface area contributed by atoms with Gasteiger partial charge < -0.3 is 26.6 Å². The molecule has 126 valence electrons. The van der Waals surface area contributed by atoms with Crippen molar-refractivity contribution in [3.63, 3.8) is 0 Å². The van der Waals surface area contributed by atoms with Crippen molar-refractivity contribution in [1.29, 1.82) is 0 Å². The van der Waals surface area contributed by atoms with Crippen molar-refractivity contribution in [2.45, 2.75) is 0 Å². The molecule has 6 N–H and O–H groups in total. The van der Waals surface area contributed by atoms with Gasteiger partial charge in [-0.05, 0) is 42.5 Å². The van der Waals surface area contributed by atoms with E-state index in [9.17, 15) is 15.0 Å². The molecule has 3 aromatic rings. The van der Waals surface area contributed by atoms with Crippen molar-refractivity contribution in [2.24, 2.45) is 0 Å². The number of amides is 1. The van der Waals surface area contributed by atoms with E-state index >= 15 is 0 Å². The van der Waals surface area contributed by atoms with Gasteiger partial charge in [0.1, 0.15) is 11.5 Å². The lowest BCUT2D eigenvalue weighted by Gasteiger charge is -2.12.